The number of phenols is 2. The Hall–Kier alpha value is -7.63. The number of nitrogens with zero attached hydrogens (tertiary/aromatic N) is 5. The number of nitrogens with one attached hydrogen (secondary N) is 2. The van der Waals surface area contributed by atoms with Gasteiger partial charge in [0.05, 0.1) is 24.8 Å². The number of para-hydroxylation sites is 1. The molecule has 6 amide bonds. The number of phenolic OH excluding ortho intramolecular Hbond substituents is 2. The number of amides is 6. The number of methoxy groups -OCH3 is 1. The van der Waals surface area contributed by atoms with Gasteiger partial charge in [0.2, 0.25) is 11.8 Å². The summed E-state index contributed by atoms with van der Waals surface area (Å²) < 4.78 is 17.1. The Labute approximate surface area is 343 Å². The maximum absolute atomic E-state index is 12.4. The van der Waals surface area contributed by atoms with Gasteiger partial charge >= 0.3 is 0 Å². The number of hydrogen-bond donors (Lipinski definition) is 4. The van der Waals surface area contributed by atoms with E-state index in [-0.39, 0.29) is 103 Å². The number of carbonyl (C=O) groups excluding carboxylic acids is 6. The van der Waals surface area contributed by atoms with Crippen molar-refractivity contribution >= 4 is 35.4 Å². The minimum Gasteiger partial charge on any atom is -0.507 e. The molecule has 6 rings (SSSR count). The molecule has 3 heterocycles. The smallest absolute Gasteiger partial charge is 0.253 e. The van der Waals surface area contributed by atoms with Crippen molar-refractivity contribution < 1.29 is 53.2 Å². The molecule has 310 valence electrons. The van der Waals surface area contributed by atoms with Gasteiger partial charge in [0.1, 0.15) is 17.2 Å². The van der Waals surface area contributed by atoms with Crippen LogP contribution in [0.25, 0.3) is 34.2 Å². The third kappa shape index (κ3) is 10.3. The largest absolute Gasteiger partial charge is 0.507 e. The molecule has 0 saturated carbocycles. The van der Waals surface area contributed by atoms with Crippen molar-refractivity contribution in [1.29, 1.82) is 0 Å². The molecule has 1 atom stereocenters. The number of aromatic hydroxyl groups is 2. The van der Waals surface area contributed by atoms with E-state index in [2.05, 4.69) is 25.6 Å². The van der Waals surface area contributed by atoms with Crippen LogP contribution in [0.3, 0.4) is 0 Å². The monoisotopic (exact) mass is 819 g/mol. The van der Waals surface area contributed by atoms with Crippen LogP contribution in [0.4, 0.5) is 0 Å². The van der Waals surface area contributed by atoms with Crippen LogP contribution >= 0.6 is 0 Å². The van der Waals surface area contributed by atoms with Crippen molar-refractivity contribution in [3.63, 3.8) is 0 Å². The summed E-state index contributed by atoms with van der Waals surface area (Å²) in [4.78, 5) is 88.1. The first kappa shape index (κ1) is 42.0. The minimum atomic E-state index is -1.04. The van der Waals surface area contributed by atoms with Crippen LogP contribution in [0.5, 0.6) is 28.7 Å². The van der Waals surface area contributed by atoms with E-state index in [0.717, 1.165) is 34.1 Å². The maximum atomic E-state index is 12.4. The Bertz CT molecular complexity index is 2330. The highest BCUT2D eigenvalue weighted by atomic mass is 16.5. The van der Waals surface area contributed by atoms with Crippen molar-refractivity contribution in [1.82, 2.24) is 35.4 Å². The molecule has 0 radical (unpaired) electrons. The van der Waals surface area contributed by atoms with Gasteiger partial charge < -0.3 is 35.1 Å². The lowest BCUT2D eigenvalue weighted by molar-refractivity contribution is -0.139. The molecule has 18 heteroatoms. The van der Waals surface area contributed by atoms with Crippen LogP contribution < -0.4 is 24.8 Å². The molecule has 2 aliphatic rings. The summed E-state index contributed by atoms with van der Waals surface area (Å²) >= 11 is 0. The molecule has 0 aliphatic carbocycles. The Morgan fingerprint density at radius 2 is 1.37 bits per heavy atom. The van der Waals surface area contributed by atoms with Gasteiger partial charge in [0.15, 0.2) is 35.2 Å². The molecular weight excluding hydrogens is 778 g/mol. The van der Waals surface area contributed by atoms with Crippen molar-refractivity contribution in [3.8, 4) is 62.9 Å². The standard InChI is InChI=1S/C42H41N7O11/c1-3-32(51)44-34(19-22-49-37(55)16-17-38(49)56)60-31-7-4-6-29(39(31)57)42-46-40(25-8-10-26(58-2)11-9-25)45-41(47-42)28-13-12-27(24-30(28)50)59-23-5-20-43-33(52)18-21-48-35(53)14-15-36(48)54/h4,6-17,24,34,50,57H,3,5,18-23H2,1-2H3,(H,43,52)(H,44,51). The molecule has 0 fully saturated rings. The molecule has 4 aromatic rings. The van der Waals surface area contributed by atoms with Crippen molar-refractivity contribution in [2.45, 2.75) is 38.8 Å². The van der Waals surface area contributed by atoms with Crippen LogP contribution in [-0.4, -0.2) is 110 Å². The average molecular weight is 820 g/mol. The zero-order valence-corrected chi connectivity index (χ0v) is 32.6. The summed E-state index contributed by atoms with van der Waals surface area (Å²) in [7, 11) is 1.53. The van der Waals surface area contributed by atoms with Gasteiger partial charge in [0.25, 0.3) is 23.6 Å². The van der Waals surface area contributed by atoms with Gasteiger partial charge in [-0.05, 0) is 55.0 Å². The fourth-order valence-electron chi connectivity index (χ4n) is 6.01. The van der Waals surface area contributed by atoms with Crippen LogP contribution in [0, 0.1) is 0 Å². The van der Waals surface area contributed by atoms with Crippen LogP contribution in [0.1, 0.15) is 32.6 Å². The second-order valence-electron chi connectivity index (χ2n) is 13.3. The van der Waals surface area contributed by atoms with Gasteiger partial charge in [-0.15, -0.1) is 0 Å². The highest BCUT2D eigenvalue weighted by Crippen LogP contribution is 2.39. The maximum Gasteiger partial charge on any atom is 0.253 e. The fraction of sp³-hybridized carbons (Fsp3) is 0.262. The van der Waals surface area contributed by atoms with Crippen LogP contribution in [-0.2, 0) is 28.8 Å². The van der Waals surface area contributed by atoms with E-state index in [0.29, 0.717) is 23.5 Å². The number of benzene rings is 3. The Morgan fingerprint density at radius 1 is 0.750 bits per heavy atom. The molecule has 60 heavy (non-hydrogen) atoms. The predicted octanol–water partition coefficient (Wildman–Crippen LogP) is 3.04. The van der Waals surface area contributed by atoms with Crippen molar-refractivity contribution in [2.24, 2.45) is 0 Å². The SMILES string of the molecule is CCC(=O)NC(CCN1C(=O)C=CC1=O)Oc1cccc(-c2nc(-c3ccc(OC)cc3)nc(-c3ccc(OCCCNC(=O)CCN4C(=O)C=CC4=O)cc3O)n2)c1O. The van der Waals surface area contributed by atoms with E-state index in [1.807, 2.05) is 0 Å². The highest BCUT2D eigenvalue weighted by molar-refractivity contribution is 6.13. The lowest BCUT2D eigenvalue weighted by atomic mass is 10.1. The first-order chi connectivity index (χ1) is 28.9. The number of rotatable bonds is 19. The normalized spacial score (nSPS) is 13.8. The Balaban J connectivity index is 1.19. The number of hydrogen-bond acceptors (Lipinski definition) is 14. The summed E-state index contributed by atoms with van der Waals surface area (Å²) in [6, 6.07) is 16.1. The average Bonchev–Trinajstić information content (AvgIpc) is 3.75. The third-order valence-corrected chi connectivity index (χ3v) is 9.24. The number of carbonyl (C=O) groups is 6. The van der Waals surface area contributed by atoms with E-state index in [1.165, 1.54) is 19.2 Å². The van der Waals surface area contributed by atoms with E-state index in [1.54, 1.807) is 55.5 Å². The van der Waals surface area contributed by atoms with E-state index < -0.39 is 29.9 Å². The molecular formula is C42H41N7O11. The molecule has 0 saturated heterocycles. The molecule has 0 bridgehead atoms. The summed E-state index contributed by atoms with van der Waals surface area (Å²) in [6.45, 7) is 2.05. The zero-order chi connectivity index (χ0) is 42.8. The zero-order valence-electron chi connectivity index (χ0n) is 32.6. The quantitative estimate of drug-likeness (QED) is 0.0605. The molecule has 3 aromatic carbocycles. The van der Waals surface area contributed by atoms with Crippen molar-refractivity contribution in [2.75, 3.05) is 33.4 Å². The molecule has 0 spiro atoms. The lowest BCUT2D eigenvalue weighted by Crippen LogP contribution is -2.42. The first-order valence-corrected chi connectivity index (χ1v) is 18.9. The number of ether oxygens (including phenoxy) is 3. The summed E-state index contributed by atoms with van der Waals surface area (Å²) in [5, 5.41) is 28.2. The van der Waals surface area contributed by atoms with Crippen LogP contribution in [0.15, 0.2) is 85.0 Å². The van der Waals surface area contributed by atoms with Gasteiger partial charge in [-0.25, -0.2) is 15.0 Å². The van der Waals surface area contributed by atoms with Gasteiger partial charge in [-0.3, -0.25) is 38.6 Å². The second kappa shape index (κ2) is 19.2. The summed E-state index contributed by atoms with van der Waals surface area (Å²) in [5.41, 5.74) is 0.909. The first-order valence-electron chi connectivity index (χ1n) is 18.9. The second-order valence-corrected chi connectivity index (χ2v) is 13.3. The molecule has 1 unspecified atom stereocenters. The number of aromatic nitrogens is 3. The summed E-state index contributed by atoms with van der Waals surface area (Å²) in [5.74, 6) is -2.02. The van der Waals surface area contributed by atoms with Crippen LogP contribution in [0.2, 0.25) is 0 Å². The minimum absolute atomic E-state index is 0.0133. The Kier molecular flexibility index (Phi) is 13.4. The Morgan fingerprint density at radius 3 is 2.00 bits per heavy atom. The third-order valence-electron chi connectivity index (χ3n) is 9.24. The number of imide groups is 2. The molecule has 1 aromatic heterocycles. The predicted molar refractivity (Wildman–Crippen MR) is 213 cm³/mol. The van der Waals surface area contributed by atoms with Crippen molar-refractivity contribution in [3.05, 3.63) is 85.0 Å². The van der Waals surface area contributed by atoms with E-state index >= 15 is 0 Å². The van der Waals surface area contributed by atoms with Gasteiger partial charge in [0, 0.05) is 74.8 Å². The van der Waals surface area contributed by atoms with Gasteiger partial charge in [-0.2, -0.15) is 0 Å². The summed E-state index contributed by atoms with van der Waals surface area (Å²) in [6.07, 6.45) is 4.15. The molecule has 2 aliphatic heterocycles. The van der Waals surface area contributed by atoms with Gasteiger partial charge in [-0.1, -0.05) is 13.0 Å². The highest BCUT2D eigenvalue weighted by Gasteiger charge is 2.27. The van der Waals surface area contributed by atoms with E-state index in [4.69, 9.17) is 14.2 Å². The lowest BCUT2D eigenvalue weighted by Gasteiger charge is -2.23. The topological polar surface area (TPSA) is 240 Å². The van der Waals surface area contributed by atoms with E-state index in [9.17, 15) is 39.0 Å². The molecule has 4 N–H and O–H groups in total. The fourth-order valence-corrected chi connectivity index (χ4v) is 6.01. The molecule has 18 nitrogen and oxygen atoms in total.